The molecule has 0 aliphatic carbocycles. The number of hydrogen-bond donors (Lipinski definition) is 1. The summed E-state index contributed by atoms with van der Waals surface area (Å²) < 4.78 is 6.26. The number of thioether (sulfide) groups is 1. The van der Waals surface area contributed by atoms with E-state index in [1.54, 1.807) is 18.9 Å². The van der Waals surface area contributed by atoms with E-state index in [1.807, 2.05) is 36.4 Å². The van der Waals surface area contributed by atoms with Gasteiger partial charge in [0.15, 0.2) is 5.13 Å². The zero-order valence-corrected chi connectivity index (χ0v) is 16.7. The number of benzene rings is 2. The number of ether oxygens (including phenoxy) is 1. The van der Waals surface area contributed by atoms with Crippen molar-refractivity contribution in [1.29, 1.82) is 0 Å². The molecule has 1 aromatic heterocycles. The number of fused-ring (bicyclic) bond motifs is 1. The van der Waals surface area contributed by atoms with Gasteiger partial charge in [-0.2, -0.15) is 0 Å². The van der Waals surface area contributed by atoms with Crippen LogP contribution >= 0.6 is 23.1 Å². The molecule has 0 aliphatic heterocycles. The van der Waals surface area contributed by atoms with E-state index in [-0.39, 0.29) is 5.91 Å². The summed E-state index contributed by atoms with van der Waals surface area (Å²) in [5.41, 5.74) is 2.21. The first kappa shape index (κ1) is 18.7. The maximum absolute atomic E-state index is 12.2. The normalized spacial score (nSPS) is 11.1. The van der Waals surface area contributed by atoms with Crippen LogP contribution in [0.5, 0.6) is 5.75 Å². The number of rotatable bonds is 7. The first-order valence-corrected chi connectivity index (χ1v) is 10.3. The number of hydrogen-bond acceptors (Lipinski definition) is 5. The number of methoxy groups -OCH3 is 1. The van der Waals surface area contributed by atoms with Crippen LogP contribution in [0.1, 0.15) is 31.7 Å². The molecule has 6 heteroatoms. The largest absolute Gasteiger partial charge is 0.497 e. The molecule has 136 valence electrons. The molecule has 0 saturated heterocycles. The molecule has 0 fully saturated rings. The fraction of sp³-hybridized carbons (Fsp3) is 0.300. The highest BCUT2D eigenvalue weighted by molar-refractivity contribution is 7.99. The third kappa shape index (κ3) is 4.56. The van der Waals surface area contributed by atoms with Crippen molar-refractivity contribution in [2.75, 3.05) is 18.2 Å². The highest BCUT2D eigenvalue weighted by Gasteiger charge is 2.12. The highest BCUT2D eigenvalue weighted by atomic mass is 32.2. The molecular weight excluding hydrogens is 364 g/mol. The standard InChI is InChI=1S/C20H22N2O2S2/c1-13(2)16-5-4-6-17-19(16)22-20(26-17)21-18(23)11-12-25-15-9-7-14(24-3)8-10-15/h4-10,13H,11-12H2,1-3H3,(H,21,22,23). The fourth-order valence-corrected chi connectivity index (χ4v) is 4.37. The topological polar surface area (TPSA) is 51.2 Å². The van der Waals surface area contributed by atoms with Crippen molar-refractivity contribution in [3.05, 3.63) is 48.0 Å². The molecule has 0 spiro atoms. The molecular formula is C20H22N2O2S2. The van der Waals surface area contributed by atoms with E-state index in [2.05, 4.69) is 30.2 Å². The molecule has 0 bridgehead atoms. The van der Waals surface area contributed by atoms with Crippen LogP contribution in [0, 0.1) is 0 Å². The zero-order valence-electron chi connectivity index (χ0n) is 15.1. The van der Waals surface area contributed by atoms with Crippen molar-refractivity contribution < 1.29 is 9.53 Å². The number of nitrogens with zero attached hydrogens (tertiary/aromatic N) is 1. The monoisotopic (exact) mass is 386 g/mol. The van der Waals surface area contributed by atoms with Crippen molar-refractivity contribution >= 4 is 44.4 Å². The van der Waals surface area contributed by atoms with Gasteiger partial charge < -0.3 is 10.1 Å². The first-order chi connectivity index (χ1) is 12.6. The Kier molecular flexibility index (Phi) is 6.16. The molecule has 0 radical (unpaired) electrons. The molecule has 26 heavy (non-hydrogen) atoms. The molecule has 0 aliphatic rings. The first-order valence-electron chi connectivity index (χ1n) is 8.53. The number of anilines is 1. The van der Waals surface area contributed by atoms with E-state index >= 15 is 0 Å². The summed E-state index contributed by atoms with van der Waals surface area (Å²) in [7, 11) is 1.65. The number of nitrogens with one attached hydrogen (secondary N) is 1. The van der Waals surface area contributed by atoms with Gasteiger partial charge in [0.1, 0.15) is 5.75 Å². The number of amides is 1. The summed E-state index contributed by atoms with van der Waals surface area (Å²) in [6, 6.07) is 14.1. The second kappa shape index (κ2) is 8.56. The van der Waals surface area contributed by atoms with Gasteiger partial charge >= 0.3 is 0 Å². The summed E-state index contributed by atoms with van der Waals surface area (Å²) in [5, 5.41) is 3.61. The Bertz CT molecular complexity index is 888. The van der Waals surface area contributed by atoms with Crippen molar-refractivity contribution in [1.82, 2.24) is 4.98 Å². The Morgan fingerprint density at radius 3 is 2.69 bits per heavy atom. The van der Waals surface area contributed by atoms with E-state index < -0.39 is 0 Å². The fourth-order valence-electron chi connectivity index (χ4n) is 2.60. The average molecular weight is 387 g/mol. The second-order valence-electron chi connectivity index (χ2n) is 6.19. The minimum atomic E-state index is -0.00355. The number of carbonyl (C=O) groups is 1. The molecule has 1 N–H and O–H groups in total. The molecule has 0 atom stereocenters. The smallest absolute Gasteiger partial charge is 0.226 e. The predicted octanol–water partition coefficient (Wildman–Crippen LogP) is 5.55. The van der Waals surface area contributed by atoms with Gasteiger partial charge in [-0.25, -0.2) is 4.98 Å². The molecule has 1 heterocycles. The third-order valence-corrected chi connectivity index (χ3v) is 5.93. The number of aromatic nitrogens is 1. The Hall–Kier alpha value is -2.05. The van der Waals surface area contributed by atoms with E-state index in [0.29, 0.717) is 17.5 Å². The number of para-hydroxylation sites is 1. The molecule has 4 nitrogen and oxygen atoms in total. The predicted molar refractivity (Wildman–Crippen MR) is 111 cm³/mol. The van der Waals surface area contributed by atoms with Gasteiger partial charge in [-0.1, -0.05) is 37.3 Å². The number of thiazole rings is 1. The SMILES string of the molecule is COc1ccc(SCCC(=O)Nc2nc3c(C(C)C)cccc3s2)cc1. The summed E-state index contributed by atoms with van der Waals surface area (Å²) >= 11 is 3.18. The molecule has 2 aromatic carbocycles. The zero-order chi connectivity index (χ0) is 18.5. The van der Waals surface area contributed by atoms with Crippen LogP contribution in [0.25, 0.3) is 10.2 Å². The van der Waals surface area contributed by atoms with E-state index in [0.717, 1.165) is 26.6 Å². The average Bonchev–Trinajstić information content (AvgIpc) is 3.04. The number of carbonyl (C=O) groups excluding carboxylic acids is 1. The van der Waals surface area contributed by atoms with E-state index in [4.69, 9.17) is 4.74 Å². The molecule has 3 aromatic rings. The van der Waals surface area contributed by atoms with Crippen LogP contribution < -0.4 is 10.1 Å². The summed E-state index contributed by atoms with van der Waals surface area (Å²) in [4.78, 5) is 18.0. The highest BCUT2D eigenvalue weighted by Crippen LogP contribution is 2.31. The van der Waals surface area contributed by atoms with Crippen LogP contribution in [0.15, 0.2) is 47.4 Å². The van der Waals surface area contributed by atoms with Gasteiger partial charge in [0, 0.05) is 17.1 Å². The Balaban J connectivity index is 1.56. The lowest BCUT2D eigenvalue weighted by atomic mass is 10.0. The van der Waals surface area contributed by atoms with Crippen LogP contribution in [-0.4, -0.2) is 23.8 Å². The lowest BCUT2D eigenvalue weighted by Gasteiger charge is -2.05. The van der Waals surface area contributed by atoms with Crippen molar-refractivity contribution in [3.8, 4) is 5.75 Å². The van der Waals surface area contributed by atoms with Crippen LogP contribution in [0.2, 0.25) is 0 Å². The van der Waals surface area contributed by atoms with Crippen LogP contribution in [-0.2, 0) is 4.79 Å². The van der Waals surface area contributed by atoms with Crippen molar-refractivity contribution in [2.45, 2.75) is 31.1 Å². The Labute approximate surface area is 162 Å². The molecule has 0 saturated carbocycles. The quantitative estimate of drug-likeness (QED) is 0.541. The molecule has 1 amide bonds. The third-order valence-electron chi connectivity index (χ3n) is 3.98. The van der Waals surface area contributed by atoms with E-state index in [9.17, 15) is 4.79 Å². The maximum Gasteiger partial charge on any atom is 0.226 e. The van der Waals surface area contributed by atoms with Gasteiger partial charge in [0.2, 0.25) is 5.91 Å². The summed E-state index contributed by atoms with van der Waals surface area (Å²) in [6.07, 6.45) is 0.448. The van der Waals surface area contributed by atoms with Gasteiger partial charge in [0.25, 0.3) is 0 Å². The Morgan fingerprint density at radius 1 is 1.23 bits per heavy atom. The van der Waals surface area contributed by atoms with E-state index in [1.165, 1.54) is 16.9 Å². The van der Waals surface area contributed by atoms with Gasteiger partial charge in [-0.3, -0.25) is 4.79 Å². The maximum atomic E-state index is 12.2. The summed E-state index contributed by atoms with van der Waals surface area (Å²) in [6.45, 7) is 4.31. The molecule has 3 rings (SSSR count). The minimum absolute atomic E-state index is 0.00355. The summed E-state index contributed by atoms with van der Waals surface area (Å²) in [5.74, 6) is 1.96. The van der Waals surface area contributed by atoms with Crippen LogP contribution in [0.4, 0.5) is 5.13 Å². The van der Waals surface area contributed by atoms with Gasteiger partial charge in [-0.15, -0.1) is 11.8 Å². The lowest BCUT2D eigenvalue weighted by Crippen LogP contribution is -2.11. The van der Waals surface area contributed by atoms with Crippen LogP contribution in [0.3, 0.4) is 0 Å². The van der Waals surface area contributed by atoms with Crippen molar-refractivity contribution in [3.63, 3.8) is 0 Å². The van der Waals surface area contributed by atoms with Crippen molar-refractivity contribution in [2.24, 2.45) is 0 Å². The minimum Gasteiger partial charge on any atom is -0.497 e. The Morgan fingerprint density at radius 2 is 2.00 bits per heavy atom. The van der Waals surface area contributed by atoms with Gasteiger partial charge in [-0.05, 0) is 41.8 Å². The second-order valence-corrected chi connectivity index (χ2v) is 8.39. The molecule has 0 unspecified atom stereocenters. The lowest BCUT2D eigenvalue weighted by molar-refractivity contribution is -0.115. The van der Waals surface area contributed by atoms with Gasteiger partial charge in [0.05, 0.1) is 17.3 Å².